The lowest BCUT2D eigenvalue weighted by molar-refractivity contribution is 0.386. The highest BCUT2D eigenvalue weighted by Gasteiger charge is 2.25. The smallest absolute Gasteiger partial charge is 0.165 e. The molecule has 0 amide bonds. The molecule has 0 spiro atoms. The van der Waals surface area contributed by atoms with Gasteiger partial charge in [-0.25, -0.2) is 4.39 Å². The summed E-state index contributed by atoms with van der Waals surface area (Å²) in [5, 5.41) is 2.32. The molecule has 2 aromatic heterocycles. The quantitative estimate of drug-likeness (QED) is 0.368. The highest BCUT2D eigenvalue weighted by atomic mass is 19.1. The van der Waals surface area contributed by atoms with Crippen LogP contribution >= 0.6 is 0 Å². The van der Waals surface area contributed by atoms with Gasteiger partial charge in [0.15, 0.2) is 11.6 Å². The second kappa shape index (κ2) is 7.85. The van der Waals surface area contributed by atoms with E-state index >= 15 is 0 Å². The summed E-state index contributed by atoms with van der Waals surface area (Å²) < 4.78 is 19.4. The van der Waals surface area contributed by atoms with Crippen LogP contribution in [0.1, 0.15) is 28.1 Å². The van der Waals surface area contributed by atoms with Crippen LogP contribution in [0.25, 0.3) is 21.8 Å². The standard InChI is InChI=1S/C28H22FN3O/c1-33-25-12-11-18(13-20(25)29)15-23-28-26(19-9-5-6-10-21(19)32-28)27-22(30-16-24(27)31-23)14-17-7-3-2-4-8-17/h2-13,32H,14-16H2,1H3. The Bertz CT molecular complexity index is 1540. The first-order chi connectivity index (χ1) is 16.2. The lowest BCUT2D eigenvalue weighted by Crippen LogP contribution is -2.07. The number of nitrogens with zero attached hydrogens (tertiary/aromatic N) is 2. The average Bonchev–Trinajstić information content (AvgIpc) is 3.41. The topological polar surface area (TPSA) is 50.3 Å². The van der Waals surface area contributed by atoms with Crippen molar-refractivity contribution in [1.29, 1.82) is 0 Å². The van der Waals surface area contributed by atoms with Gasteiger partial charge in [-0.05, 0) is 29.3 Å². The van der Waals surface area contributed by atoms with E-state index in [1.165, 1.54) is 18.7 Å². The normalized spacial score (nSPS) is 12.8. The second-order valence-corrected chi connectivity index (χ2v) is 8.37. The van der Waals surface area contributed by atoms with Crippen LogP contribution in [0.4, 0.5) is 4.39 Å². The van der Waals surface area contributed by atoms with Crippen LogP contribution in [0.2, 0.25) is 0 Å². The molecule has 162 valence electrons. The highest BCUT2D eigenvalue weighted by molar-refractivity contribution is 6.21. The van der Waals surface area contributed by atoms with Crippen molar-refractivity contribution in [2.75, 3.05) is 7.11 Å². The minimum Gasteiger partial charge on any atom is -0.494 e. The number of aromatic amines is 1. The average molecular weight is 436 g/mol. The Morgan fingerprint density at radius 2 is 1.76 bits per heavy atom. The number of nitrogens with one attached hydrogen (secondary N) is 1. The van der Waals surface area contributed by atoms with E-state index in [0.717, 1.165) is 56.5 Å². The molecule has 0 saturated heterocycles. The number of methoxy groups -OCH3 is 1. The molecule has 1 N–H and O–H groups in total. The first-order valence-corrected chi connectivity index (χ1v) is 11.0. The van der Waals surface area contributed by atoms with E-state index in [0.29, 0.717) is 13.0 Å². The van der Waals surface area contributed by atoms with E-state index in [4.69, 9.17) is 14.7 Å². The SMILES string of the molecule is COc1ccc(Cc2nc3c(c4c2[nH]c2ccccc24)C(Cc2ccccc2)=NC3)cc1F. The Hall–Kier alpha value is -3.99. The molecule has 0 unspecified atom stereocenters. The lowest BCUT2D eigenvalue weighted by Gasteiger charge is -2.11. The van der Waals surface area contributed by atoms with Crippen LogP contribution in [0, 0.1) is 5.82 Å². The zero-order chi connectivity index (χ0) is 22.4. The summed E-state index contributed by atoms with van der Waals surface area (Å²) in [4.78, 5) is 13.5. The van der Waals surface area contributed by atoms with Gasteiger partial charge in [0.1, 0.15) is 0 Å². The molecule has 5 aromatic rings. The summed E-state index contributed by atoms with van der Waals surface area (Å²) >= 11 is 0. The molecule has 3 heterocycles. The largest absolute Gasteiger partial charge is 0.494 e. The van der Waals surface area contributed by atoms with E-state index < -0.39 is 0 Å². The molecule has 3 aromatic carbocycles. The van der Waals surface area contributed by atoms with Crippen molar-refractivity contribution in [3.05, 3.63) is 107 Å². The molecule has 0 aliphatic carbocycles. The third kappa shape index (κ3) is 3.37. The molecule has 4 nitrogen and oxygen atoms in total. The maximum absolute atomic E-state index is 14.3. The van der Waals surface area contributed by atoms with Crippen molar-refractivity contribution in [2.45, 2.75) is 19.4 Å². The molecule has 6 rings (SSSR count). The number of H-pyrrole nitrogens is 1. The molecule has 0 fully saturated rings. The van der Waals surface area contributed by atoms with Gasteiger partial charge in [0.25, 0.3) is 0 Å². The maximum Gasteiger partial charge on any atom is 0.165 e. The third-order valence-corrected chi connectivity index (χ3v) is 6.31. The molecular formula is C28H22FN3O. The number of fused-ring (bicyclic) bond motifs is 5. The molecule has 0 bridgehead atoms. The predicted molar refractivity (Wildman–Crippen MR) is 130 cm³/mol. The molecule has 1 aliphatic heterocycles. The minimum absolute atomic E-state index is 0.246. The summed E-state index contributed by atoms with van der Waals surface area (Å²) in [6.07, 6.45) is 1.29. The van der Waals surface area contributed by atoms with Crippen LogP contribution in [0.15, 0.2) is 77.8 Å². The van der Waals surface area contributed by atoms with Gasteiger partial charge in [0, 0.05) is 40.4 Å². The van der Waals surface area contributed by atoms with Gasteiger partial charge in [0.05, 0.1) is 30.6 Å². The first-order valence-electron chi connectivity index (χ1n) is 11.0. The van der Waals surface area contributed by atoms with E-state index in [1.807, 2.05) is 18.2 Å². The van der Waals surface area contributed by atoms with Gasteiger partial charge in [0.2, 0.25) is 0 Å². The molecule has 0 atom stereocenters. The van der Waals surface area contributed by atoms with Crippen LogP contribution < -0.4 is 4.74 Å². The Balaban J connectivity index is 1.51. The Kier molecular flexibility index (Phi) is 4.68. The van der Waals surface area contributed by atoms with E-state index in [1.54, 1.807) is 6.07 Å². The Morgan fingerprint density at radius 3 is 2.58 bits per heavy atom. The number of halogens is 1. The third-order valence-electron chi connectivity index (χ3n) is 6.31. The number of hydrogen-bond donors (Lipinski definition) is 1. The highest BCUT2D eigenvalue weighted by Crippen LogP contribution is 2.36. The van der Waals surface area contributed by atoms with Crippen molar-refractivity contribution in [1.82, 2.24) is 9.97 Å². The van der Waals surface area contributed by atoms with Crippen LogP contribution in [-0.2, 0) is 19.4 Å². The number of ether oxygens (including phenoxy) is 1. The van der Waals surface area contributed by atoms with Crippen molar-refractivity contribution >= 4 is 27.5 Å². The van der Waals surface area contributed by atoms with Crippen LogP contribution in [0.3, 0.4) is 0 Å². The van der Waals surface area contributed by atoms with Gasteiger partial charge < -0.3 is 9.72 Å². The number of pyridine rings is 1. The monoisotopic (exact) mass is 435 g/mol. The fraction of sp³-hybridized carbons (Fsp3) is 0.143. The summed E-state index contributed by atoms with van der Waals surface area (Å²) in [6.45, 7) is 0.566. The van der Waals surface area contributed by atoms with E-state index in [-0.39, 0.29) is 11.6 Å². The van der Waals surface area contributed by atoms with Crippen LogP contribution in [-0.4, -0.2) is 22.8 Å². The van der Waals surface area contributed by atoms with Gasteiger partial charge in [-0.1, -0.05) is 54.6 Å². The van der Waals surface area contributed by atoms with Crippen molar-refractivity contribution < 1.29 is 9.13 Å². The second-order valence-electron chi connectivity index (χ2n) is 8.37. The van der Waals surface area contributed by atoms with Gasteiger partial charge in [-0.15, -0.1) is 0 Å². The molecule has 0 saturated carbocycles. The fourth-order valence-corrected chi connectivity index (χ4v) is 4.79. The van der Waals surface area contributed by atoms with Gasteiger partial charge in [-0.2, -0.15) is 0 Å². The van der Waals surface area contributed by atoms with E-state index in [2.05, 4.69) is 47.4 Å². The van der Waals surface area contributed by atoms with Gasteiger partial charge in [-0.3, -0.25) is 9.98 Å². The lowest BCUT2D eigenvalue weighted by atomic mass is 9.96. The number of hydrogen-bond acceptors (Lipinski definition) is 3. The van der Waals surface area contributed by atoms with E-state index in [9.17, 15) is 4.39 Å². The zero-order valence-corrected chi connectivity index (χ0v) is 18.2. The fourth-order valence-electron chi connectivity index (χ4n) is 4.79. The summed E-state index contributed by atoms with van der Waals surface area (Å²) in [6, 6.07) is 23.8. The Morgan fingerprint density at radius 1 is 0.939 bits per heavy atom. The van der Waals surface area contributed by atoms with Crippen LogP contribution in [0.5, 0.6) is 5.75 Å². The predicted octanol–water partition coefficient (Wildman–Crippen LogP) is 6.00. The number of benzene rings is 3. The summed E-state index contributed by atoms with van der Waals surface area (Å²) in [7, 11) is 1.47. The zero-order valence-electron chi connectivity index (χ0n) is 18.2. The van der Waals surface area contributed by atoms with Crippen molar-refractivity contribution in [2.24, 2.45) is 4.99 Å². The van der Waals surface area contributed by atoms with Crippen molar-refractivity contribution in [3.63, 3.8) is 0 Å². The first kappa shape index (κ1) is 19.7. The minimum atomic E-state index is -0.363. The summed E-state index contributed by atoms with van der Waals surface area (Å²) in [5.41, 5.74) is 8.24. The molecular weight excluding hydrogens is 413 g/mol. The summed E-state index contributed by atoms with van der Waals surface area (Å²) in [5.74, 6) is -0.118. The number of aliphatic imine (C=N–C) groups is 1. The Labute approximate surface area is 190 Å². The number of aromatic nitrogens is 2. The number of rotatable bonds is 5. The van der Waals surface area contributed by atoms with Crippen molar-refractivity contribution in [3.8, 4) is 5.75 Å². The van der Waals surface area contributed by atoms with Gasteiger partial charge >= 0.3 is 0 Å². The molecule has 1 aliphatic rings. The molecule has 5 heteroatoms. The molecule has 0 radical (unpaired) electrons. The molecule has 33 heavy (non-hydrogen) atoms. The number of para-hydroxylation sites is 1. The maximum atomic E-state index is 14.3.